The number of sulfonamides is 1. The second kappa shape index (κ2) is 5.95. The summed E-state index contributed by atoms with van der Waals surface area (Å²) in [5, 5.41) is 0. The second-order valence-corrected chi connectivity index (χ2v) is 5.95. The molecule has 0 aliphatic carbocycles. The molecular weight excluding hydrogens is 258 g/mol. The number of hydrogen-bond acceptors (Lipinski definition) is 3. The zero-order valence-electron chi connectivity index (χ0n) is 8.16. The van der Waals surface area contributed by atoms with Crippen molar-refractivity contribution >= 4 is 26.0 Å². The van der Waals surface area contributed by atoms with E-state index >= 15 is 0 Å². The van der Waals surface area contributed by atoms with Crippen molar-refractivity contribution in [2.75, 3.05) is 24.9 Å². The Kier molecular flexibility index (Phi) is 6.11. The first-order valence-electron chi connectivity index (χ1n) is 4.04. The number of rotatable bonds is 6. The Morgan fingerprint density at radius 2 is 2.08 bits per heavy atom. The SMILES string of the molecule is CCN(C(C)COC)S(=O)(=O)CBr. The molecule has 1 atom stereocenters. The molecule has 0 aromatic heterocycles. The topological polar surface area (TPSA) is 46.6 Å². The highest BCUT2D eigenvalue weighted by Crippen LogP contribution is 2.09. The molecule has 0 saturated carbocycles. The molecule has 13 heavy (non-hydrogen) atoms. The zero-order valence-corrected chi connectivity index (χ0v) is 10.6. The molecule has 6 heteroatoms. The predicted octanol–water partition coefficient (Wildman–Crippen LogP) is 1.03. The number of hydrogen-bond donors (Lipinski definition) is 0. The summed E-state index contributed by atoms with van der Waals surface area (Å²) in [7, 11) is -1.60. The fraction of sp³-hybridized carbons (Fsp3) is 1.00. The van der Waals surface area contributed by atoms with Crippen LogP contribution >= 0.6 is 15.9 Å². The van der Waals surface area contributed by atoms with E-state index in [9.17, 15) is 8.42 Å². The summed E-state index contributed by atoms with van der Waals surface area (Å²) >= 11 is 2.96. The summed E-state index contributed by atoms with van der Waals surface area (Å²) in [6, 6.07) is -0.113. The van der Waals surface area contributed by atoms with Gasteiger partial charge in [0.2, 0.25) is 10.0 Å². The van der Waals surface area contributed by atoms with Gasteiger partial charge in [-0.1, -0.05) is 22.9 Å². The molecule has 0 radical (unpaired) electrons. The number of nitrogens with zero attached hydrogens (tertiary/aromatic N) is 1. The molecule has 0 spiro atoms. The molecule has 0 aliphatic rings. The Hall–Kier alpha value is 0.350. The first-order chi connectivity index (χ1) is 5.99. The summed E-state index contributed by atoms with van der Waals surface area (Å²) in [6.45, 7) is 4.53. The van der Waals surface area contributed by atoms with E-state index < -0.39 is 10.0 Å². The Morgan fingerprint density at radius 1 is 1.54 bits per heavy atom. The van der Waals surface area contributed by atoms with E-state index in [1.165, 1.54) is 4.31 Å². The van der Waals surface area contributed by atoms with Gasteiger partial charge in [0, 0.05) is 19.7 Å². The molecule has 0 aliphatic heterocycles. The van der Waals surface area contributed by atoms with Crippen LogP contribution in [0.2, 0.25) is 0 Å². The van der Waals surface area contributed by atoms with Crippen molar-refractivity contribution in [3.8, 4) is 0 Å². The van der Waals surface area contributed by atoms with E-state index in [1.807, 2.05) is 13.8 Å². The quantitative estimate of drug-likeness (QED) is 0.679. The molecular formula is C7H16BrNO3S. The minimum atomic E-state index is -3.16. The highest BCUT2D eigenvalue weighted by Gasteiger charge is 2.24. The Bertz CT molecular complexity index is 230. The van der Waals surface area contributed by atoms with Crippen LogP contribution in [-0.4, -0.2) is 43.7 Å². The highest BCUT2D eigenvalue weighted by atomic mass is 79.9. The Morgan fingerprint density at radius 3 is 2.38 bits per heavy atom. The predicted molar refractivity (Wildman–Crippen MR) is 56.4 cm³/mol. The van der Waals surface area contributed by atoms with Crippen LogP contribution in [0, 0.1) is 0 Å². The minimum absolute atomic E-state index is 0.0398. The summed E-state index contributed by atoms with van der Waals surface area (Å²) < 4.78 is 29.2. The number of methoxy groups -OCH3 is 1. The third-order valence-electron chi connectivity index (χ3n) is 1.71. The van der Waals surface area contributed by atoms with Gasteiger partial charge in [-0.25, -0.2) is 8.42 Å². The van der Waals surface area contributed by atoms with E-state index in [2.05, 4.69) is 15.9 Å². The van der Waals surface area contributed by atoms with Crippen molar-refractivity contribution in [1.82, 2.24) is 4.31 Å². The fourth-order valence-electron chi connectivity index (χ4n) is 1.17. The van der Waals surface area contributed by atoms with E-state index in [1.54, 1.807) is 7.11 Å². The number of likely N-dealkylation sites (N-methyl/N-ethyl adjacent to an activating group) is 1. The number of halogens is 1. The Labute approximate surface area is 88.4 Å². The lowest BCUT2D eigenvalue weighted by Gasteiger charge is -2.25. The number of ether oxygens (including phenoxy) is 1. The lowest BCUT2D eigenvalue weighted by atomic mass is 10.4. The number of alkyl halides is 1. The summed E-state index contributed by atoms with van der Waals surface area (Å²) in [5.41, 5.74) is 0. The van der Waals surface area contributed by atoms with Gasteiger partial charge in [0.05, 0.1) is 6.61 Å². The van der Waals surface area contributed by atoms with Gasteiger partial charge in [0.1, 0.15) is 4.66 Å². The van der Waals surface area contributed by atoms with Crippen molar-refractivity contribution in [3.63, 3.8) is 0 Å². The van der Waals surface area contributed by atoms with E-state index in [4.69, 9.17) is 4.74 Å². The van der Waals surface area contributed by atoms with Crippen molar-refractivity contribution < 1.29 is 13.2 Å². The first-order valence-corrected chi connectivity index (χ1v) is 6.77. The monoisotopic (exact) mass is 273 g/mol. The van der Waals surface area contributed by atoms with Crippen LogP contribution in [0.1, 0.15) is 13.8 Å². The largest absolute Gasteiger partial charge is 0.383 e. The molecule has 0 heterocycles. The van der Waals surface area contributed by atoms with Gasteiger partial charge in [-0.2, -0.15) is 4.31 Å². The van der Waals surface area contributed by atoms with Gasteiger partial charge in [-0.05, 0) is 6.92 Å². The van der Waals surface area contributed by atoms with Gasteiger partial charge in [0.15, 0.2) is 0 Å². The first kappa shape index (κ1) is 13.4. The second-order valence-electron chi connectivity index (χ2n) is 2.73. The van der Waals surface area contributed by atoms with Gasteiger partial charge >= 0.3 is 0 Å². The standard InChI is InChI=1S/C7H16BrNO3S/c1-4-9(7(2)5-12-3)13(10,11)6-8/h7H,4-6H2,1-3H3. The maximum absolute atomic E-state index is 11.5. The molecule has 4 nitrogen and oxygen atoms in total. The van der Waals surface area contributed by atoms with Gasteiger partial charge in [-0.3, -0.25) is 0 Å². The summed E-state index contributed by atoms with van der Waals surface area (Å²) in [6.07, 6.45) is 0. The van der Waals surface area contributed by atoms with Crippen LogP contribution in [-0.2, 0) is 14.8 Å². The van der Waals surface area contributed by atoms with Crippen molar-refractivity contribution in [3.05, 3.63) is 0 Å². The Balaban J connectivity index is 4.50. The normalized spacial score (nSPS) is 14.8. The zero-order chi connectivity index (χ0) is 10.5. The molecule has 0 aromatic carbocycles. The summed E-state index contributed by atoms with van der Waals surface area (Å²) in [4.78, 5) is 0. The van der Waals surface area contributed by atoms with Crippen LogP contribution in [0.4, 0.5) is 0 Å². The van der Waals surface area contributed by atoms with Gasteiger partial charge < -0.3 is 4.74 Å². The molecule has 0 fully saturated rings. The van der Waals surface area contributed by atoms with E-state index in [0.717, 1.165) is 0 Å². The molecule has 0 N–H and O–H groups in total. The maximum atomic E-state index is 11.5. The molecule has 0 aromatic rings. The molecule has 1 unspecified atom stereocenters. The van der Waals surface area contributed by atoms with Gasteiger partial charge in [0.25, 0.3) is 0 Å². The van der Waals surface area contributed by atoms with Crippen LogP contribution in [0.5, 0.6) is 0 Å². The lowest BCUT2D eigenvalue weighted by molar-refractivity contribution is 0.143. The van der Waals surface area contributed by atoms with Crippen molar-refractivity contribution in [2.45, 2.75) is 19.9 Å². The third kappa shape index (κ3) is 3.93. The van der Waals surface area contributed by atoms with Gasteiger partial charge in [-0.15, -0.1) is 0 Å². The van der Waals surface area contributed by atoms with Crippen molar-refractivity contribution in [2.24, 2.45) is 0 Å². The molecule has 0 amide bonds. The summed E-state index contributed by atoms with van der Waals surface area (Å²) in [5.74, 6) is 0. The maximum Gasteiger partial charge on any atom is 0.224 e. The average molecular weight is 274 g/mol. The van der Waals surface area contributed by atoms with Crippen molar-refractivity contribution in [1.29, 1.82) is 0 Å². The van der Waals surface area contributed by atoms with Crippen LogP contribution in [0.25, 0.3) is 0 Å². The smallest absolute Gasteiger partial charge is 0.224 e. The van der Waals surface area contributed by atoms with E-state index in [-0.39, 0.29) is 10.7 Å². The van der Waals surface area contributed by atoms with Crippen LogP contribution in [0.15, 0.2) is 0 Å². The molecule has 0 bridgehead atoms. The molecule has 0 saturated heterocycles. The average Bonchev–Trinajstić information content (AvgIpc) is 2.05. The lowest BCUT2D eigenvalue weighted by Crippen LogP contribution is -2.41. The van der Waals surface area contributed by atoms with Crippen LogP contribution < -0.4 is 0 Å². The van der Waals surface area contributed by atoms with E-state index in [0.29, 0.717) is 13.2 Å². The third-order valence-corrected chi connectivity index (χ3v) is 5.05. The highest BCUT2D eigenvalue weighted by molar-refractivity contribution is 9.10. The molecule has 80 valence electrons. The minimum Gasteiger partial charge on any atom is -0.383 e. The fourth-order valence-corrected chi connectivity index (χ4v) is 3.09. The molecule has 0 rings (SSSR count). The van der Waals surface area contributed by atoms with Crippen LogP contribution in [0.3, 0.4) is 0 Å².